The number of para-hydroxylation sites is 2. The number of nitrogens with one attached hydrogen (secondary N) is 2. The molecule has 0 spiro atoms. The van der Waals surface area contributed by atoms with Gasteiger partial charge < -0.3 is 25.2 Å². The molecular weight excluding hydrogens is 422 g/mol. The Kier molecular flexibility index (Phi) is 7.54. The van der Waals surface area contributed by atoms with Crippen LogP contribution in [0.25, 0.3) is 11.3 Å². The quantitative estimate of drug-likeness (QED) is 0.486. The van der Waals surface area contributed by atoms with Crippen LogP contribution >= 0.6 is 0 Å². The molecule has 33 heavy (non-hydrogen) atoms. The Morgan fingerprint density at radius 1 is 1.18 bits per heavy atom. The zero-order valence-electron chi connectivity index (χ0n) is 18.6. The van der Waals surface area contributed by atoms with Crippen LogP contribution in [0.3, 0.4) is 0 Å². The Morgan fingerprint density at radius 3 is 2.76 bits per heavy atom. The van der Waals surface area contributed by atoms with Gasteiger partial charge in [-0.2, -0.15) is 0 Å². The van der Waals surface area contributed by atoms with Gasteiger partial charge in [0.2, 0.25) is 0 Å². The number of carbonyl (C=O) groups excluding carboxylic acids is 1. The first-order chi connectivity index (χ1) is 16.2. The van der Waals surface area contributed by atoms with Crippen molar-refractivity contribution in [2.45, 2.75) is 44.1 Å². The zero-order valence-corrected chi connectivity index (χ0v) is 18.6. The van der Waals surface area contributed by atoms with Crippen molar-refractivity contribution in [2.75, 3.05) is 19.0 Å². The van der Waals surface area contributed by atoms with E-state index >= 15 is 0 Å². The lowest BCUT2D eigenvalue weighted by Crippen LogP contribution is -2.52. The molecule has 3 aromatic rings. The predicted octanol–water partition coefficient (Wildman–Crippen LogP) is 3.07. The fraction of sp³-hybridized carbons (Fsp3) is 0.375. The molecule has 9 nitrogen and oxygen atoms in total. The van der Waals surface area contributed by atoms with E-state index in [9.17, 15) is 9.90 Å². The van der Waals surface area contributed by atoms with Crippen LogP contribution in [0.1, 0.15) is 19.3 Å². The van der Waals surface area contributed by atoms with Gasteiger partial charge in [0, 0.05) is 12.1 Å². The lowest BCUT2D eigenvalue weighted by Gasteiger charge is -2.36. The maximum Gasteiger partial charge on any atom is 0.319 e. The molecule has 1 aliphatic heterocycles. The standard InChI is InChI=1S/C24H29N5O4/c1-32-22-10-6-5-9-19(22)25-24(31)26-20-12-11-18(33-23(20)16-30)13-14-29-15-21(27-28-29)17-7-3-2-4-8-17/h2-10,15,18,20,23,30H,11-14,16H2,1H3,(H2,25,26,31)/t18-,20+,23+/m1/s1. The number of methoxy groups -OCH3 is 1. The second kappa shape index (κ2) is 10.9. The summed E-state index contributed by atoms with van der Waals surface area (Å²) >= 11 is 0. The van der Waals surface area contributed by atoms with E-state index in [1.807, 2.05) is 53.3 Å². The summed E-state index contributed by atoms with van der Waals surface area (Å²) in [5, 5.41) is 24.0. The monoisotopic (exact) mass is 451 g/mol. The van der Waals surface area contributed by atoms with Crippen molar-refractivity contribution in [1.29, 1.82) is 0 Å². The number of amides is 2. The van der Waals surface area contributed by atoms with Gasteiger partial charge in [0.25, 0.3) is 0 Å². The number of aliphatic hydroxyl groups excluding tert-OH is 1. The molecule has 174 valence electrons. The highest BCUT2D eigenvalue weighted by Gasteiger charge is 2.32. The van der Waals surface area contributed by atoms with Crippen LogP contribution in [0.15, 0.2) is 60.8 Å². The third-order valence-electron chi connectivity index (χ3n) is 5.76. The van der Waals surface area contributed by atoms with Gasteiger partial charge in [-0.15, -0.1) is 5.10 Å². The van der Waals surface area contributed by atoms with Crippen LogP contribution in [0, 0.1) is 0 Å². The zero-order chi connectivity index (χ0) is 23.0. The topological polar surface area (TPSA) is 111 Å². The van der Waals surface area contributed by atoms with E-state index in [4.69, 9.17) is 9.47 Å². The normalized spacial score (nSPS) is 20.2. The lowest BCUT2D eigenvalue weighted by molar-refractivity contribution is -0.0905. The molecule has 0 bridgehead atoms. The average molecular weight is 452 g/mol. The van der Waals surface area contributed by atoms with Crippen molar-refractivity contribution in [3.8, 4) is 17.0 Å². The maximum absolute atomic E-state index is 12.5. The number of aliphatic hydroxyl groups is 1. The second-order valence-electron chi connectivity index (χ2n) is 7.98. The molecular formula is C24H29N5O4. The number of rotatable bonds is 8. The number of carbonyl (C=O) groups is 1. The van der Waals surface area contributed by atoms with E-state index in [0.29, 0.717) is 24.4 Å². The molecule has 0 saturated carbocycles. The summed E-state index contributed by atoms with van der Waals surface area (Å²) in [7, 11) is 1.55. The van der Waals surface area contributed by atoms with E-state index in [0.717, 1.165) is 24.1 Å². The molecule has 9 heteroatoms. The van der Waals surface area contributed by atoms with Crippen LogP contribution < -0.4 is 15.4 Å². The Hall–Kier alpha value is -3.43. The minimum atomic E-state index is -0.470. The van der Waals surface area contributed by atoms with Gasteiger partial charge in [-0.25, -0.2) is 4.79 Å². The van der Waals surface area contributed by atoms with E-state index in [1.165, 1.54) is 0 Å². The molecule has 1 aliphatic rings. The highest BCUT2D eigenvalue weighted by Crippen LogP contribution is 2.25. The number of anilines is 1. The van der Waals surface area contributed by atoms with Crippen LogP contribution in [0.2, 0.25) is 0 Å². The van der Waals surface area contributed by atoms with Crippen molar-refractivity contribution in [2.24, 2.45) is 0 Å². The molecule has 4 rings (SSSR count). The highest BCUT2D eigenvalue weighted by molar-refractivity contribution is 5.91. The molecule has 0 unspecified atom stereocenters. The minimum Gasteiger partial charge on any atom is -0.495 e. The molecule has 2 amide bonds. The molecule has 3 atom stereocenters. The highest BCUT2D eigenvalue weighted by atomic mass is 16.5. The van der Waals surface area contributed by atoms with Crippen molar-refractivity contribution in [3.63, 3.8) is 0 Å². The molecule has 1 fully saturated rings. The summed E-state index contributed by atoms with van der Waals surface area (Å²) < 4.78 is 13.2. The van der Waals surface area contributed by atoms with E-state index in [2.05, 4.69) is 20.9 Å². The van der Waals surface area contributed by atoms with Crippen molar-refractivity contribution >= 4 is 11.7 Å². The van der Waals surface area contributed by atoms with Gasteiger partial charge in [-0.3, -0.25) is 4.68 Å². The molecule has 0 aliphatic carbocycles. The molecule has 0 radical (unpaired) electrons. The number of urea groups is 1. The van der Waals surface area contributed by atoms with Crippen LogP contribution in [-0.2, 0) is 11.3 Å². The Balaban J connectivity index is 1.27. The SMILES string of the molecule is COc1ccccc1NC(=O)N[C@H]1CC[C@H](CCn2cc(-c3ccccc3)nn2)O[C@H]1CO. The second-order valence-corrected chi connectivity index (χ2v) is 7.98. The average Bonchev–Trinajstić information content (AvgIpc) is 3.33. The number of ether oxygens (including phenoxy) is 2. The van der Waals surface area contributed by atoms with E-state index in [-0.39, 0.29) is 24.8 Å². The van der Waals surface area contributed by atoms with Crippen LogP contribution in [0.4, 0.5) is 10.5 Å². The fourth-order valence-electron chi connectivity index (χ4n) is 4.01. The lowest BCUT2D eigenvalue weighted by atomic mass is 9.97. The summed E-state index contributed by atoms with van der Waals surface area (Å²) in [6.45, 7) is 0.493. The third-order valence-corrected chi connectivity index (χ3v) is 5.76. The Bertz CT molecular complexity index is 1040. The van der Waals surface area contributed by atoms with Gasteiger partial charge >= 0.3 is 6.03 Å². The number of aryl methyl sites for hydroxylation is 1. The molecule has 2 aromatic carbocycles. The number of nitrogens with zero attached hydrogens (tertiary/aromatic N) is 3. The van der Waals surface area contributed by atoms with Crippen LogP contribution in [-0.4, -0.2) is 58.1 Å². The first kappa shape index (κ1) is 22.8. The molecule has 1 aromatic heterocycles. The van der Waals surface area contributed by atoms with E-state index in [1.54, 1.807) is 19.2 Å². The number of hydrogen-bond acceptors (Lipinski definition) is 6. The smallest absolute Gasteiger partial charge is 0.319 e. The molecule has 3 N–H and O–H groups in total. The summed E-state index contributed by atoms with van der Waals surface area (Å²) in [5.41, 5.74) is 2.44. The summed E-state index contributed by atoms with van der Waals surface area (Å²) in [5.74, 6) is 0.579. The van der Waals surface area contributed by atoms with Crippen LogP contribution in [0.5, 0.6) is 5.75 Å². The Morgan fingerprint density at radius 2 is 1.97 bits per heavy atom. The molecule has 1 saturated heterocycles. The summed E-state index contributed by atoms with van der Waals surface area (Å²) in [6.07, 6.45) is 3.66. The minimum absolute atomic E-state index is 0.0261. The first-order valence-corrected chi connectivity index (χ1v) is 11.1. The maximum atomic E-state index is 12.5. The van der Waals surface area contributed by atoms with E-state index < -0.39 is 6.10 Å². The third kappa shape index (κ3) is 5.88. The predicted molar refractivity (Wildman–Crippen MR) is 124 cm³/mol. The Labute approximate surface area is 192 Å². The van der Waals surface area contributed by atoms with Crippen molar-refractivity contribution < 1.29 is 19.4 Å². The summed E-state index contributed by atoms with van der Waals surface area (Å²) in [4.78, 5) is 12.5. The molecule has 2 heterocycles. The summed E-state index contributed by atoms with van der Waals surface area (Å²) in [6, 6.07) is 16.5. The van der Waals surface area contributed by atoms with Crippen molar-refractivity contribution in [3.05, 3.63) is 60.8 Å². The number of aromatic nitrogens is 3. The van der Waals surface area contributed by atoms with Crippen molar-refractivity contribution in [1.82, 2.24) is 20.3 Å². The number of benzene rings is 2. The van der Waals surface area contributed by atoms with Gasteiger partial charge in [-0.05, 0) is 31.4 Å². The largest absolute Gasteiger partial charge is 0.495 e. The fourth-order valence-corrected chi connectivity index (χ4v) is 4.01. The van der Waals surface area contributed by atoms with Gasteiger partial charge in [-0.1, -0.05) is 47.7 Å². The first-order valence-electron chi connectivity index (χ1n) is 11.1. The van der Waals surface area contributed by atoms with Gasteiger partial charge in [0.05, 0.1) is 37.7 Å². The number of hydrogen-bond donors (Lipinski definition) is 3. The van der Waals surface area contributed by atoms with Gasteiger partial charge in [0.15, 0.2) is 0 Å². The van der Waals surface area contributed by atoms with Gasteiger partial charge in [0.1, 0.15) is 17.5 Å².